The van der Waals surface area contributed by atoms with Crippen LogP contribution in [0.25, 0.3) is 27.5 Å². The van der Waals surface area contributed by atoms with Gasteiger partial charge in [-0.25, -0.2) is 4.98 Å². The van der Waals surface area contributed by atoms with Crippen LogP contribution < -0.4 is 5.56 Å². The van der Waals surface area contributed by atoms with Crippen LogP contribution in [-0.2, 0) is 6.42 Å². The predicted molar refractivity (Wildman–Crippen MR) is 138 cm³/mol. The number of benzene rings is 1. The highest BCUT2D eigenvalue weighted by Crippen LogP contribution is 2.32. The van der Waals surface area contributed by atoms with Crippen molar-refractivity contribution in [3.63, 3.8) is 0 Å². The summed E-state index contributed by atoms with van der Waals surface area (Å²) >= 11 is 7.39. The Bertz CT molecular complexity index is 1390. The zero-order valence-electron chi connectivity index (χ0n) is 19.9. The average Bonchev–Trinajstić information content (AvgIpc) is 3.42. The number of halogens is 1. The number of aromatic nitrogens is 4. The zero-order chi connectivity index (χ0) is 24.6. The number of carbonyl (C=O) groups is 1. The van der Waals surface area contributed by atoms with Gasteiger partial charge >= 0.3 is 0 Å². The molecule has 4 rings (SSSR count). The smallest absolute Gasteiger partial charge is 0.265 e. The number of carbonyl (C=O) groups excluding carboxylic acids is 1. The first-order valence-corrected chi connectivity index (χ1v) is 12.4. The maximum absolute atomic E-state index is 14.0. The van der Waals surface area contributed by atoms with Gasteiger partial charge in [0.25, 0.3) is 5.56 Å². The number of hydrogen-bond acceptors (Lipinski definition) is 5. The molecule has 3 heterocycles. The van der Waals surface area contributed by atoms with Gasteiger partial charge in [0.15, 0.2) is 6.29 Å². The lowest BCUT2D eigenvalue weighted by atomic mass is 9.83. The number of H-pyrrole nitrogens is 1. The van der Waals surface area contributed by atoms with E-state index in [0.29, 0.717) is 44.7 Å². The Labute approximate surface area is 207 Å². The van der Waals surface area contributed by atoms with Crippen molar-refractivity contribution in [1.29, 1.82) is 0 Å². The van der Waals surface area contributed by atoms with Gasteiger partial charge in [-0.15, -0.1) is 11.3 Å². The van der Waals surface area contributed by atoms with Crippen molar-refractivity contribution in [2.45, 2.75) is 47.5 Å². The molecule has 0 fully saturated rings. The van der Waals surface area contributed by atoms with Crippen molar-refractivity contribution >= 4 is 29.2 Å². The van der Waals surface area contributed by atoms with Crippen LogP contribution in [0.2, 0.25) is 5.02 Å². The van der Waals surface area contributed by atoms with Gasteiger partial charge in [0.1, 0.15) is 5.01 Å². The predicted octanol–water partition coefficient (Wildman–Crippen LogP) is 6.41. The van der Waals surface area contributed by atoms with Crippen LogP contribution in [-0.4, -0.2) is 26.0 Å². The van der Waals surface area contributed by atoms with Crippen molar-refractivity contribution in [2.24, 2.45) is 5.41 Å². The SMILES string of the molecule is CCC(C)(C)Cc1c(C=O)cc(-c2nc(-c3ccc(Cl)cc3)cs2)c(=O)n1-c1c(C)n[nH]c1C. The van der Waals surface area contributed by atoms with Crippen LogP contribution in [0.1, 0.15) is 54.6 Å². The summed E-state index contributed by atoms with van der Waals surface area (Å²) in [5.41, 5.74) is 5.08. The van der Waals surface area contributed by atoms with E-state index in [2.05, 4.69) is 31.0 Å². The molecule has 3 aromatic heterocycles. The highest BCUT2D eigenvalue weighted by atomic mass is 35.5. The molecule has 0 aliphatic rings. The molecule has 0 unspecified atom stereocenters. The first-order chi connectivity index (χ1) is 16.1. The Morgan fingerprint density at radius 3 is 2.50 bits per heavy atom. The Balaban J connectivity index is 1.96. The minimum atomic E-state index is -0.211. The van der Waals surface area contributed by atoms with Crippen LogP contribution in [0.4, 0.5) is 0 Å². The lowest BCUT2D eigenvalue weighted by Crippen LogP contribution is -2.29. The molecule has 0 aliphatic heterocycles. The van der Waals surface area contributed by atoms with Gasteiger partial charge in [0.2, 0.25) is 0 Å². The number of nitrogens with zero attached hydrogens (tertiary/aromatic N) is 3. The number of rotatable bonds is 7. The molecule has 1 N–H and O–H groups in total. The maximum Gasteiger partial charge on any atom is 0.265 e. The molecular weight excluding hydrogens is 468 g/mol. The number of aldehydes is 1. The molecule has 0 bridgehead atoms. The largest absolute Gasteiger partial charge is 0.298 e. The molecule has 0 saturated heterocycles. The van der Waals surface area contributed by atoms with E-state index >= 15 is 0 Å². The number of nitrogens with one attached hydrogen (secondary N) is 1. The van der Waals surface area contributed by atoms with Crippen molar-refractivity contribution in [1.82, 2.24) is 19.7 Å². The molecule has 4 aromatic rings. The van der Waals surface area contributed by atoms with Gasteiger partial charge < -0.3 is 0 Å². The van der Waals surface area contributed by atoms with Crippen LogP contribution in [0, 0.1) is 19.3 Å². The molecule has 0 atom stereocenters. The Kier molecular flexibility index (Phi) is 6.60. The van der Waals surface area contributed by atoms with Crippen LogP contribution >= 0.6 is 22.9 Å². The minimum absolute atomic E-state index is 0.0953. The third-order valence-corrected chi connectivity index (χ3v) is 7.38. The number of thiazole rings is 1. The lowest BCUT2D eigenvalue weighted by Gasteiger charge is -2.26. The van der Waals surface area contributed by atoms with Crippen molar-refractivity contribution in [3.8, 4) is 27.5 Å². The molecule has 6 nitrogen and oxygen atoms in total. The van der Waals surface area contributed by atoms with E-state index in [9.17, 15) is 9.59 Å². The summed E-state index contributed by atoms with van der Waals surface area (Å²) in [7, 11) is 0. The van der Waals surface area contributed by atoms with Gasteiger partial charge in [-0.2, -0.15) is 5.10 Å². The van der Waals surface area contributed by atoms with Crippen molar-refractivity contribution in [3.05, 3.63) is 73.7 Å². The maximum atomic E-state index is 14.0. The van der Waals surface area contributed by atoms with Crippen LogP contribution in [0.5, 0.6) is 0 Å². The summed E-state index contributed by atoms with van der Waals surface area (Å²) in [4.78, 5) is 31.0. The topological polar surface area (TPSA) is 80.6 Å². The van der Waals surface area contributed by atoms with E-state index < -0.39 is 0 Å². The second-order valence-electron chi connectivity index (χ2n) is 9.24. The molecule has 8 heteroatoms. The number of aryl methyl sites for hydroxylation is 2. The minimum Gasteiger partial charge on any atom is -0.298 e. The van der Waals surface area contributed by atoms with Gasteiger partial charge in [-0.3, -0.25) is 19.3 Å². The Morgan fingerprint density at radius 1 is 1.21 bits per heavy atom. The molecule has 0 aliphatic carbocycles. The van der Waals surface area contributed by atoms with Crippen molar-refractivity contribution in [2.75, 3.05) is 0 Å². The summed E-state index contributed by atoms with van der Waals surface area (Å²) < 4.78 is 1.66. The highest BCUT2D eigenvalue weighted by Gasteiger charge is 2.26. The second kappa shape index (κ2) is 9.31. The highest BCUT2D eigenvalue weighted by molar-refractivity contribution is 7.13. The van der Waals surface area contributed by atoms with Gasteiger partial charge in [-0.1, -0.05) is 50.9 Å². The standard InChI is InChI=1S/C26H27ClN4O2S/c1-6-26(4,5)12-22-18(13-32)11-20(25(33)31(22)23-15(2)29-30-16(23)3)24-28-21(14-34-24)17-7-9-19(27)10-8-17/h7-11,13-14H,6,12H2,1-5H3,(H,29,30). The van der Waals surface area contributed by atoms with E-state index in [1.54, 1.807) is 10.6 Å². The molecule has 0 saturated carbocycles. The van der Waals surface area contributed by atoms with Crippen molar-refractivity contribution < 1.29 is 4.79 Å². The van der Waals surface area contributed by atoms with E-state index in [-0.39, 0.29) is 11.0 Å². The average molecular weight is 495 g/mol. The molecular formula is C26H27ClN4O2S. The first kappa shape index (κ1) is 24.1. The summed E-state index contributed by atoms with van der Waals surface area (Å²) in [6, 6.07) is 9.08. The summed E-state index contributed by atoms with van der Waals surface area (Å²) in [6.45, 7) is 10.1. The summed E-state index contributed by atoms with van der Waals surface area (Å²) in [5.74, 6) is 0. The number of hydrogen-bond donors (Lipinski definition) is 1. The number of aromatic amines is 1. The van der Waals surface area contributed by atoms with E-state index in [4.69, 9.17) is 16.6 Å². The second-order valence-corrected chi connectivity index (χ2v) is 10.5. The third kappa shape index (κ3) is 4.50. The first-order valence-electron chi connectivity index (χ1n) is 11.1. The van der Waals surface area contributed by atoms with E-state index in [0.717, 1.165) is 29.7 Å². The fourth-order valence-electron chi connectivity index (χ4n) is 3.95. The quantitative estimate of drug-likeness (QED) is 0.301. The third-order valence-electron chi connectivity index (χ3n) is 6.25. The zero-order valence-corrected chi connectivity index (χ0v) is 21.5. The molecule has 176 valence electrons. The molecule has 0 radical (unpaired) electrons. The van der Waals surface area contributed by atoms with Gasteiger partial charge in [-0.05, 0) is 43.9 Å². The lowest BCUT2D eigenvalue weighted by molar-refractivity contribution is 0.112. The Hall–Kier alpha value is -3.03. The Morgan fingerprint density at radius 2 is 1.91 bits per heavy atom. The van der Waals surface area contributed by atoms with Crippen LogP contribution in [0.3, 0.4) is 0 Å². The van der Waals surface area contributed by atoms with E-state index in [1.165, 1.54) is 11.3 Å². The monoisotopic (exact) mass is 494 g/mol. The van der Waals surface area contributed by atoms with Crippen LogP contribution in [0.15, 0.2) is 40.5 Å². The number of pyridine rings is 1. The molecule has 34 heavy (non-hydrogen) atoms. The molecule has 0 amide bonds. The summed E-state index contributed by atoms with van der Waals surface area (Å²) in [6.07, 6.45) is 2.31. The van der Waals surface area contributed by atoms with E-state index in [1.807, 2.05) is 43.5 Å². The van der Waals surface area contributed by atoms with Gasteiger partial charge in [0, 0.05) is 27.2 Å². The fourth-order valence-corrected chi connectivity index (χ4v) is 4.91. The van der Waals surface area contributed by atoms with Gasteiger partial charge in [0.05, 0.1) is 28.3 Å². The summed E-state index contributed by atoms with van der Waals surface area (Å²) in [5, 5.41) is 10.4. The molecule has 1 aromatic carbocycles. The fraction of sp³-hybridized carbons (Fsp3) is 0.308. The normalized spacial score (nSPS) is 11.7. The molecule has 0 spiro atoms.